The molecule has 0 aromatic heterocycles. The maximum absolute atomic E-state index is 14.3. The molecule has 14 heteroatoms. The van der Waals surface area contributed by atoms with Crippen LogP contribution in [0.1, 0.15) is 45.2 Å². The minimum absolute atomic E-state index is 0.0764. The molecule has 0 spiro atoms. The molecule has 0 heterocycles. The van der Waals surface area contributed by atoms with Gasteiger partial charge in [-0.05, 0) is 70.0 Å². The maximum Gasteiger partial charge on any atom is 0.273 e. The van der Waals surface area contributed by atoms with E-state index in [2.05, 4.69) is 5.32 Å². The highest BCUT2D eigenvalue weighted by molar-refractivity contribution is 7.92. The summed E-state index contributed by atoms with van der Waals surface area (Å²) in [4.78, 5) is 39.7. The van der Waals surface area contributed by atoms with Crippen LogP contribution in [0.25, 0.3) is 0 Å². The number of nitro groups is 1. The number of carbonyl (C=O) groups excluding carboxylic acids is 2. The normalized spacial score (nSPS) is 12.3. The van der Waals surface area contributed by atoms with Gasteiger partial charge in [0.25, 0.3) is 15.7 Å². The number of methoxy groups -OCH3 is 1. The van der Waals surface area contributed by atoms with Crippen molar-refractivity contribution in [1.82, 2.24) is 10.2 Å². The Kier molecular flexibility index (Phi) is 11.5. The van der Waals surface area contributed by atoms with Crippen LogP contribution in [0.15, 0.2) is 65.6 Å². The number of hydrogen-bond acceptors (Lipinski definition) is 7. The van der Waals surface area contributed by atoms with Crippen molar-refractivity contribution in [3.05, 3.63) is 92.0 Å². The van der Waals surface area contributed by atoms with E-state index in [1.807, 2.05) is 0 Å². The predicted molar refractivity (Wildman–Crippen MR) is 174 cm³/mol. The van der Waals surface area contributed by atoms with E-state index in [9.17, 15) is 28.1 Å². The molecule has 0 saturated heterocycles. The molecule has 3 aromatic rings. The number of halogens is 2. The van der Waals surface area contributed by atoms with Gasteiger partial charge in [0, 0.05) is 33.8 Å². The van der Waals surface area contributed by atoms with Crippen molar-refractivity contribution >= 4 is 56.4 Å². The number of benzene rings is 3. The number of ether oxygens (including phenoxy) is 1. The lowest BCUT2D eigenvalue weighted by molar-refractivity contribution is -0.385. The maximum atomic E-state index is 14.3. The van der Waals surface area contributed by atoms with Crippen LogP contribution in [0.5, 0.6) is 5.75 Å². The lowest BCUT2D eigenvalue weighted by Crippen LogP contribution is -2.55. The summed E-state index contributed by atoms with van der Waals surface area (Å²) in [6.07, 6.45) is 0.204. The van der Waals surface area contributed by atoms with Crippen molar-refractivity contribution in [1.29, 1.82) is 0 Å². The molecule has 2 amide bonds. The Balaban J connectivity index is 2.21. The summed E-state index contributed by atoms with van der Waals surface area (Å²) < 4.78 is 34.7. The smallest absolute Gasteiger partial charge is 0.273 e. The lowest BCUT2D eigenvalue weighted by atomic mass is 10.1. The van der Waals surface area contributed by atoms with Crippen LogP contribution in [-0.2, 0) is 26.2 Å². The summed E-state index contributed by atoms with van der Waals surface area (Å²) in [7, 11) is -3.33. The summed E-state index contributed by atoms with van der Waals surface area (Å²) in [6.45, 7) is 7.72. The number of sulfonamides is 1. The van der Waals surface area contributed by atoms with Gasteiger partial charge in [0.1, 0.15) is 18.3 Å². The summed E-state index contributed by atoms with van der Waals surface area (Å²) in [5, 5.41) is 15.1. The van der Waals surface area contributed by atoms with Crippen LogP contribution in [-0.4, -0.2) is 55.3 Å². The number of carbonyl (C=O) groups is 2. The van der Waals surface area contributed by atoms with Gasteiger partial charge in [0.2, 0.25) is 11.8 Å². The molecular weight excluding hydrogens is 643 g/mol. The fourth-order valence-corrected chi connectivity index (χ4v) is 6.43. The first-order chi connectivity index (χ1) is 21.0. The molecule has 0 aliphatic carbocycles. The minimum Gasteiger partial charge on any atom is -0.495 e. The SMILES string of the molecule is CC[C@H](C(=O)NC(C)(C)C)N(Cc1ccccc1Cl)C(=O)CN(c1cc(Cl)ccc1OC)S(=O)(=O)c1ccc(C)c([N+](=O)[O-])c1. The van der Waals surface area contributed by atoms with Gasteiger partial charge < -0.3 is 15.0 Å². The van der Waals surface area contributed by atoms with Gasteiger partial charge in [-0.3, -0.25) is 24.0 Å². The monoisotopic (exact) mass is 678 g/mol. The van der Waals surface area contributed by atoms with E-state index in [4.69, 9.17) is 27.9 Å². The zero-order valence-electron chi connectivity index (χ0n) is 25.8. The summed E-state index contributed by atoms with van der Waals surface area (Å²) in [5.41, 5.74) is -0.313. The number of rotatable bonds is 12. The van der Waals surface area contributed by atoms with E-state index < -0.39 is 55.5 Å². The molecule has 0 radical (unpaired) electrons. The minimum atomic E-state index is -4.65. The van der Waals surface area contributed by atoms with Gasteiger partial charge in [-0.2, -0.15) is 0 Å². The Hall–Kier alpha value is -3.87. The van der Waals surface area contributed by atoms with Gasteiger partial charge in [0.15, 0.2) is 0 Å². The Morgan fingerprint density at radius 1 is 1.07 bits per heavy atom. The molecule has 45 heavy (non-hydrogen) atoms. The van der Waals surface area contributed by atoms with Crippen LogP contribution < -0.4 is 14.4 Å². The molecule has 0 fully saturated rings. The van der Waals surface area contributed by atoms with Crippen molar-refractivity contribution < 1.29 is 27.7 Å². The second-order valence-corrected chi connectivity index (χ2v) is 14.0. The number of amides is 2. The van der Waals surface area contributed by atoms with Crippen molar-refractivity contribution in [2.45, 2.75) is 64.1 Å². The lowest BCUT2D eigenvalue weighted by Gasteiger charge is -2.35. The molecule has 0 unspecified atom stereocenters. The highest BCUT2D eigenvalue weighted by Gasteiger charge is 2.36. The first-order valence-corrected chi connectivity index (χ1v) is 16.2. The van der Waals surface area contributed by atoms with E-state index in [0.717, 1.165) is 10.4 Å². The third-order valence-electron chi connectivity index (χ3n) is 6.84. The number of anilines is 1. The fourth-order valence-electron chi connectivity index (χ4n) is 4.63. The van der Waals surface area contributed by atoms with Gasteiger partial charge in [0.05, 0.1) is 22.6 Å². The van der Waals surface area contributed by atoms with E-state index >= 15 is 0 Å². The van der Waals surface area contributed by atoms with Crippen LogP contribution in [0.4, 0.5) is 11.4 Å². The number of hydrogen-bond donors (Lipinski definition) is 1. The van der Waals surface area contributed by atoms with Crippen molar-refractivity contribution in [3.8, 4) is 5.75 Å². The summed E-state index contributed by atoms with van der Waals surface area (Å²) >= 11 is 12.7. The number of nitrogens with one attached hydrogen (secondary N) is 1. The zero-order chi connectivity index (χ0) is 33.7. The molecule has 242 valence electrons. The van der Waals surface area contributed by atoms with Crippen molar-refractivity contribution in [2.24, 2.45) is 0 Å². The number of nitro benzene ring substituents is 1. The fraction of sp³-hybridized carbons (Fsp3) is 0.355. The molecule has 11 nitrogen and oxygen atoms in total. The van der Waals surface area contributed by atoms with E-state index in [-0.39, 0.29) is 35.0 Å². The van der Waals surface area contributed by atoms with Crippen LogP contribution >= 0.6 is 23.2 Å². The van der Waals surface area contributed by atoms with Gasteiger partial charge in [-0.15, -0.1) is 0 Å². The topological polar surface area (TPSA) is 139 Å². The van der Waals surface area contributed by atoms with E-state index in [1.165, 1.54) is 49.3 Å². The van der Waals surface area contributed by atoms with E-state index in [0.29, 0.717) is 10.6 Å². The first kappa shape index (κ1) is 35.6. The standard InChI is InChI=1S/C31H36Cl2N4O7S/c1-7-25(30(39)34-31(3,4)5)35(18-21-10-8-9-11-24(21)33)29(38)19-36(27-16-22(32)13-15-28(27)44-6)45(42,43)23-14-12-20(2)26(17-23)37(40)41/h8-17,25H,7,18-19H2,1-6H3,(H,34,39)/t25-/m1/s1. The average Bonchev–Trinajstić information content (AvgIpc) is 2.95. The molecule has 0 bridgehead atoms. The largest absolute Gasteiger partial charge is 0.495 e. The molecule has 1 N–H and O–H groups in total. The molecular formula is C31H36Cl2N4O7S. The third kappa shape index (κ3) is 8.65. The Morgan fingerprint density at radius 3 is 2.31 bits per heavy atom. The highest BCUT2D eigenvalue weighted by Crippen LogP contribution is 2.36. The first-order valence-electron chi connectivity index (χ1n) is 14.0. The molecule has 3 rings (SSSR count). The molecule has 0 saturated carbocycles. The quantitative estimate of drug-likeness (QED) is 0.179. The second kappa shape index (κ2) is 14.5. The number of nitrogens with zero attached hydrogens (tertiary/aromatic N) is 3. The van der Waals surface area contributed by atoms with Crippen LogP contribution in [0, 0.1) is 17.0 Å². The zero-order valence-corrected chi connectivity index (χ0v) is 28.2. The summed E-state index contributed by atoms with van der Waals surface area (Å²) in [6, 6.07) is 13.5. The number of aryl methyl sites for hydroxylation is 1. The van der Waals surface area contributed by atoms with Gasteiger partial charge >= 0.3 is 0 Å². The Morgan fingerprint density at radius 2 is 1.73 bits per heavy atom. The molecule has 0 aliphatic heterocycles. The van der Waals surface area contributed by atoms with Crippen LogP contribution in [0.2, 0.25) is 10.0 Å². The molecule has 0 aliphatic rings. The molecule has 3 aromatic carbocycles. The average molecular weight is 680 g/mol. The second-order valence-electron chi connectivity index (χ2n) is 11.3. The Labute approximate surface area is 273 Å². The van der Waals surface area contributed by atoms with Crippen molar-refractivity contribution in [3.63, 3.8) is 0 Å². The van der Waals surface area contributed by atoms with Crippen molar-refractivity contribution in [2.75, 3.05) is 18.0 Å². The van der Waals surface area contributed by atoms with Crippen LogP contribution in [0.3, 0.4) is 0 Å². The molecule has 1 atom stereocenters. The predicted octanol–water partition coefficient (Wildman–Crippen LogP) is 6.14. The highest BCUT2D eigenvalue weighted by atomic mass is 35.5. The van der Waals surface area contributed by atoms with Gasteiger partial charge in [-0.25, -0.2) is 8.42 Å². The van der Waals surface area contributed by atoms with Gasteiger partial charge in [-0.1, -0.05) is 54.4 Å². The Bertz CT molecular complexity index is 1690. The van der Waals surface area contributed by atoms with E-state index in [1.54, 1.807) is 52.0 Å². The third-order valence-corrected chi connectivity index (χ3v) is 9.20. The summed E-state index contributed by atoms with van der Waals surface area (Å²) in [5.74, 6) is -1.10.